The second-order valence-electron chi connectivity index (χ2n) is 6.61. The molecule has 1 nitrogen and oxygen atoms in total. The van der Waals surface area contributed by atoms with E-state index >= 15 is 0 Å². The predicted molar refractivity (Wildman–Crippen MR) is 101 cm³/mol. The Morgan fingerprint density at radius 2 is 1.36 bits per heavy atom. The van der Waals surface area contributed by atoms with Crippen LogP contribution in [0.2, 0.25) is 0 Å². The summed E-state index contributed by atoms with van der Waals surface area (Å²) < 4.78 is 0. The van der Waals surface area contributed by atoms with Crippen molar-refractivity contribution in [3.05, 3.63) is 48.5 Å². The molecule has 0 amide bonds. The summed E-state index contributed by atoms with van der Waals surface area (Å²) in [4.78, 5) is 2.22. The Morgan fingerprint density at radius 1 is 0.818 bits per heavy atom. The molecule has 0 N–H and O–H groups in total. The first-order valence-corrected chi connectivity index (χ1v) is 9.71. The zero-order valence-electron chi connectivity index (χ0n) is 14.1. The third-order valence-corrected chi connectivity index (χ3v) is 8.17. The molecule has 2 aromatic carbocycles. The maximum absolute atomic E-state index is 2.45. The van der Waals surface area contributed by atoms with Gasteiger partial charge < -0.3 is 4.90 Å². The molecule has 1 aliphatic rings. The Kier molecular flexibility index (Phi) is 4.54. The second-order valence-corrected chi connectivity index (χ2v) is 9.67. The number of hydrogen-bond acceptors (Lipinski definition) is 1. The molecule has 1 saturated heterocycles. The molecular weight excluding hydrogens is 285 g/mol. The van der Waals surface area contributed by atoms with Crippen LogP contribution in [0.3, 0.4) is 0 Å². The Balaban J connectivity index is 2.14. The van der Waals surface area contributed by atoms with Gasteiger partial charge in [-0.3, -0.25) is 0 Å². The van der Waals surface area contributed by atoms with Crippen molar-refractivity contribution in [2.75, 3.05) is 19.0 Å². The van der Waals surface area contributed by atoms with E-state index in [9.17, 15) is 0 Å². The maximum Gasteiger partial charge on any atom is 0.0440 e. The first-order chi connectivity index (χ1) is 10.6. The molecule has 0 spiro atoms. The lowest BCUT2D eigenvalue weighted by molar-refractivity contribution is 0.777. The third-order valence-electron chi connectivity index (χ3n) is 4.81. The first-order valence-electron chi connectivity index (χ1n) is 8.23. The molecule has 0 aromatic heterocycles. The van der Waals surface area contributed by atoms with Gasteiger partial charge in [0.05, 0.1) is 0 Å². The van der Waals surface area contributed by atoms with Gasteiger partial charge in [-0.25, -0.2) is 0 Å². The number of benzene rings is 2. The van der Waals surface area contributed by atoms with Crippen LogP contribution in [0, 0.1) is 0 Å². The molecule has 3 rings (SSSR count). The Labute approximate surface area is 136 Å². The quantitative estimate of drug-likeness (QED) is 0.713. The lowest BCUT2D eigenvalue weighted by Gasteiger charge is -2.26. The van der Waals surface area contributed by atoms with Crippen LogP contribution in [0.1, 0.15) is 26.7 Å². The molecule has 0 aliphatic carbocycles. The topological polar surface area (TPSA) is 3.24 Å². The van der Waals surface area contributed by atoms with Gasteiger partial charge in [0.2, 0.25) is 0 Å². The molecule has 2 aromatic rings. The molecule has 1 aliphatic heterocycles. The molecule has 1 heterocycles. The Bertz CT molecular complexity index is 640. The van der Waals surface area contributed by atoms with Crippen molar-refractivity contribution in [1.82, 2.24) is 0 Å². The highest BCUT2D eigenvalue weighted by Crippen LogP contribution is 2.55. The summed E-state index contributed by atoms with van der Waals surface area (Å²) in [6.45, 7) is 4.90. The van der Waals surface area contributed by atoms with Gasteiger partial charge in [-0.05, 0) is 41.1 Å². The number of para-hydroxylation sites is 1. The van der Waals surface area contributed by atoms with Crippen LogP contribution in [0.15, 0.2) is 48.5 Å². The fourth-order valence-corrected chi connectivity index (χ4v) is 7.09. The molecule has 0 unspecified atom stereocenters. The zero-order valence-corrected chi connectivity index (χ0v) is 15.0. The van der Waals surface area contributed by atoms with Crippen molar-refractivity contribution in [3.8, 4) is 11.1 Å². The Hall–Kier alpha value is -1.33. The summed E-state index contributed by atoms with van der Waals surface area (Å²) >= 11 is 0. The predicted octanol–water partition coefficient (Wildman–Crippen LogP) is 5.10. The summed E-state index contributed by atoms with van der Waals surface area (Å²) in [5.74, 6) is 0. The van der Waals surface area contributed by atoms with Crippen molar-refractivity contribution in [1.29, 1.82) is 0 Å². The lowest BCUT2D eigenvalue weighted by Crippen LogP contribution is -2.15. The van der Waals surface area contributed by atoms with Gasteiger partial charge in [0.1, 0.15) is 0 Å². The molecule has 0 bridgehead atoms. The smallest absolute Gasteiger partial charge is 0.0440 e. The van der Waals surface area contributed by atoms with E-state index in [0.717, 1.165) is 11.3 Å². The van der Waals surface area contributed by atoms with Crippen LogP contribution in [-0.4, -0.2) is 25.4 Å². The summed E-state index contributed by atoms with van der Waals surface area (Å²) in [6.07, 6.45) is 2.77. The van der Waals surface area contributed by atoms with E-state index in [1.165, 1.54) is 29.7 Å². The van der Waals surface area contributed by atoms with Crippen molar-refractivity contribution in [3.63, 3.8) is 0 Å². The van der Waals surface area contributed by atoms with Crippen molar-refractivity contribution < 1.29 is 0 Å². The average Bonchev–Trinajstić information content (AvgIpc) is 2.86. The Morgan fingerprint density at radius 3 is 2.00 bits per heavy atom. The molecule has 116 valence electrons. The third kappa shape index (κ3) is 2.79. The minimum atomic E-state index is -0.0572. The largest absolute Gasteiger partial charge is 0.377 e. The highest BCUT2D eigenvalue weighted by Gasteiger charge is 2.32. The van der Waals surface area contributed by atoms with Crippen LogP contribution < -0.4 is 10.2 Å². The monoisotopic (exact) mass is 311 g/mol. The average molecular weight is 311 g/mol. The fraction of sp³-hybridized carbons (Fsp3) is 0.400. The van der Waals surface area contributed by atoms with E-state index in [1.54, 1.807) is 5.30 Å². The van der Waals surface area contributed by atoms with Crippen LogP contribution in [0.25, 0.3) is 11.1 Å². The van der Waals surface area contributed by atoms with Crippen molar-refractivity contribution in [2.45, 2.75) is 38.0 Å². The molecule has 2 atom stereocenters. The minimum absolute atomic E-state index is 0.0572. The van der Waals surface area contributed by atoms with Crippen molar-refractivity contribution in [2.24, 2.45) is 0 Å². The lowest BCUT2D eigenvalue weighted by atomic mass is 10.0. The highest BCUT2D eigenvalue weighted by molar-refractivity contribution is 7.67. The van der Waals surface area contributed by atoms with E-state index in [1.807, 2.05) is 0 Å². The molecule has 1 fully saturated rings. The second kappa shape index (κ2) is 6.42. The van der Waals surface area contributed by atoms with Crippen LogP contribution >= 0.6 is 7.92 Å². The first kappa shape index (κ1) is 15.6. The maximum atomic E-state index is 2.45. The number of nitrogens with zero attached hydrogens (tertiary/aromatic N) is 1. The van der Waals surface area contributed by atoms with Gasteiger partial charge >= 0.3 is 0 Å². The molecular formula is C20H26NP. The number of anilines is 1. The van der Waals surface area contributed by atoms with E-state index in [2.05, 4.69) is 81.4 Å². The summed E-state index contributed by atoms with van der Waals surface area (Å²) in [7, 11) is 4.21. The summed E-state index contributed by atoms with van der Waals surface area (Å²) in [5.41, 5.74) is 5.82. The van der Waals surface area contributed by atoms with Gasteiger partial charge in [0.15, 0.2) is 0 Å². The van der Waals surface area contributed by atoms with Gasteiger partial charge in [0.25, 0.3) is 0 Å². The van der Waals surface area contributed by atoms with Gasteiger partial charge in [-0.2, -0.15) is 0 Å². The fourth-order valence-electron chi connectivity index (χ4n) is 3.69. The summed E-state index contributed by atoms with van der Waals surface area (Å²) in [5, 5.41) is 1.60. The molecule has 0 radical (unpaired) electrons. The van der Waals surface area contributed by atoms with E-state index in [-0.39, 0.29) is 7.92 Å². The van der Waals surface area contributed by atoms with E-state index < -0.39 is 0 Å². The van der Waals surface area contributed by atoms with Crippen LogP contribution in [-0.2, 0) is 0 Å². The number of rotatable bonds is 3. The van der Waals surface area contributed by atoms with Gasteiger partial charge in [-0.1, -0.05) is 64.2 Å². The zero-order chi connectivity index (χ0) is 15.7. The van der Waals surface area contributed by atoms with E-state index in [0.29, 0.717) is 0 Å². The van der Waals surface area contributed by atoms with Crippen molar-refractivity contribution >= 4 is 18.9 Å². The molecule has 0 saturated carbocycles. The standard InChI is InChI=1S/C20H26NP/c1-15-13-14-16(2)22(15)20-12-8-6-10-18(20)17-9-5-7-11-19(17)21(3)4/h5-12,15-16H,13-14H2,1-4H3/t15-,16-/m1/s1. The van der Waals surface area contributed by atoms with Crippen LogP contribution in [0.5, 0.6) is 0 Å². The van der Waals surface area contributed by atoms with Crippen LogP contribution in [0.4, 0.5) is 5.69 Å². The molecule has 22 heavy (non-hydrogen) atoms. The SMILES string of the molecule is C[C@@H]1CC[C@@H](C)P1c1ccccc1-c1ccccc1N(C)C. The highest BCUT2D eigenvalue weighted by atomic mass is 31.1. The summed E-state index contributed by atoms with van der Waals surface area (Å²) in [6, 6.07) is 17.9. The number of hydrogen-bond donors (Lipinski definition) is 0. The van der Waals surface area contributed by atoms with Gasteiger partial charge in [-0.15, -0.1) is 0 Å². The minimum Gasteiger partial charge on any atom is -0.377 e. The normalized spacial score (nSPS) is 22.0. The van der Waals surface area contributed by atoms with E-state index in [4.69, 9.17) is 0 Å². The molecule has 2 heteroatoms. The van der Waals surface area contributed by atoms with Gasteiger partial charge in [0, 0.05) is 25.3 Å².